The van der Waals surface area contributed by atoms with E-state index in [1.54, 1.807) is 0 Å². The van der Waals surface area contributed by atoms with Crippen LogP contribution >= 0.6 is 0 Å². The van der Waals surface area contributed by atoms with E-state index in [4.69, 9.17) is 0 Å². The van der Waals surface area contributed by atoms with E-state index in [2.05, 4.69) is 0 Å². The van der Waals surface area contributed by atoms with Crippen LogP contribution in [-0.2, 0) is 34.3 Å². The van der Waals surface area contributed by atoms with Crippen LogP contribution in [0.15, 0.2) is 28.0 Å². The van der Waals surface area contributed by atoms with E-state index in [1.807, 2.05) is 5.32 Å². The summed E-state index contributed by atoms with van der Waals surface area (Å²) in [6.07, 6.45) is -7.12. The molecule has 2 rings (SSSR count). The van der Waals surface area contributed by atoms with E-state index < -0.39 is 96.8 Å². The lowest BCUT2D eigenvalue weighted by Gasteiger charge is -2.27. The van der Waals surface area contributed by atoms with Gasteiger partial charge in [-0.2, -0.15) is 30.7 Å². The number of hydrogen-bond acceptors (Lipinski definition) is 9. The Kier molecular flexibility index (Phi) is 7.49. The van der Waals surface area contributed by atoms with Crippen LogP contribution in [0.25, 0.3) is 0 Å². The average molecular weight is 594 g/mol. The number of benzene rings is 1. The molecular formula is C15H13F7N2O9S3. The second-order valence-electron chi connectivity index (χ2n) is 7.41. The molecule has 1 aliphatic heterocycles. The molecule has 0 spiro atoms. The van der Waals surface area contributed by atoms with Gasteiger partial charge in [-0.25, -0.2) is 25.3 Å². The first-order chi connectivity index (χ1) is 16.0. The quantitative estimate of drug-likeness (QED) is 0.264. The van der Waals surface area contributed by atoms with Crippen molar-refractivity contribution in [1.29, 1.82) is 0 Å². The highest BCUT2D eigenvalue weighted by Crippen LogP contribution is 2.51. The minimum absolute atomic E-state index is 0.0323. The van der Waals surface area contributed by atoms with Gasteiger partial charge < -0.3 is 5.32 Å². The maximum atomic E-state index is 13.8. The van der Waals surface area contributed by atoms with Crippen molar-refractivity contribution in [2.45, 2.75) is 39.6 Å². The smallest absolute Gasteiger partial charge is 0.351 e. The van der Waals surface area contributed by atoms with Gasteiger partial charge in [0.25, 0.3) is 15.5 Å². The zero-order valence-electron chi connectivity index (χ0n) is 17.1. The van der Waals surface area contributed by atoms with Gasteiger partial charge in [0, 0.05) is 12.1 Å². The van der Waals surface area contributed by atoms with Gasteiger partial charge in [-0.05, 0) is 18.6 Å². The van der Waals surface area contributed by atoms with Crippen molar-refractivity contribution in [2.24, 2.45) is 0 Å². The maximum absolute atomic E-state index is 13.8. The summed E-state index contributed by atoms with van der Waals surface area (Å²) in [4.78, 5) is 18.0. The van der Waals surface area contributed by atoms with Gasteiger partial charge in [-0.15, -0.1) is 0 Å². The number of amides is 1. The number of nitro benzene ring substituents is 1. The summed E-state index contributed by atoms with van der Waals surface area (Å²) in [5.41, 5.74) is -1.82. The number of rotatable bonds is 8. The van der Waals surface area contributed by atoms with Crippen LogP contribution in [0, 0.1) is 10.1 Å². The molecule has 36 heavy (non-hydrogen) atoms. The number of carbonyl (C=O) groups excluding carboxylic acids is 1. The van der Waals surface area contributed by atoms with Gasteiger partial charge in [0.15, 0.2) is 19.7 Å². The van der Waals surface area contributed by atoms with E-state index in [0.717, 1.165) is 0 Å². The predicted molar refractivity (Wildman–Crippen MR) is 103 cm³/mol. The molecular weight excluding hydrogens is 581 g/mol. The lowest BCUT2D eigenvalue weighted by Crippen LogP contribution is -2.55. The number of alkyl halides is 7. The standard InChI is InChI=1S/C15H13F7N2O9S3/c16-13(17,14(18,19)20)15(21,22)36(32,33)9-1-2-11(10(5-9)24(26)27)35(30,31)7-12(25)23-8-3-4-34(28,29)6-8/h1-2,5,8H,3-4,6-7H2,(H,23,25). The van der Waals surface area contributed by atoms with E-state index in [-0.39, 0.29) is 24.3 Å². The Morgan fingerprint density at radius 1 is 1.08 bits per heavy atom. The molecule has 1 aromatic carbocycles. The van der Waals surface area contributed by atoms with Crippen LogP contribution in [0.1, 0.15) is 6.42 Å². The summed E-state index contributed by atoms with van der Waals surface area (Å²) < 4.78 is 163. The monoisotopic (exact) mass is 594 g/mol. The molecule has 1 amide bonds. The van der Waals surface area contributed by atoms with Crippen LogP contribution in [-0.4, -0.2) is 76.7 Å². The van der Waals surface area contributed by atoms with Crippen molar-refractivity contribution in [3.63, 3.8) is 0 Å². The molecule has 1 aromatic rings. The van der Waals surface area contributed by atoms with Crippen molar-refractivity contribution in [3.8, 4) is 0 Å². The molecule has 1 atom stereocenters. The largest absolute Gasteiger partial charge is 0.461 e. The third kappa shape index (κ3) is 5.41. The molecule has 1 heterocycles. The molecule has 204 valence electrons. The summed E-state index contributed by atoms with van der Waals surface area (Å²) in [6, 6.07) is -1.67. The zero-order valence-corrected chi connectivity index (χ0v) is 19.6. The number of hydrogen-bond donors (Lipinski definition) is 1. The summed E-state index contributed by atoms with van der Waals surface area (Å²) in [7, 11) is -15.6. The summed E-state index contributed by atoms with van der Waals surface area (Å²) >= 11 is 0. The highest BCUT2D eigenvalue weighted by atomic mass is 32.2. The van der Waals surface area contributed by atoms with E-state index in [9.17, 15) is 70.9 Å². The summed E-state index contributed by atoms with van der Waals surface area (Å²) in [5, 5.41) is 6.44. The van der Waals surface area contributed by atoms with Gasteiger partial charge in [0.05, 0.1) is 21.3 Å². The molecule has 0 bridgehead atoms. The second kappa shape index (κ2) is 9.08. The molecule has 0 aromatic heterocycles. The minimum atomic E-state index is -7.13. The Morgan fingerprint density at radius 3 is 2.08 bits per heavy atom. The Bertz CT molecular complexity index is 1410. The summed E-state index contributed by atoms with van der Waals surface area (Å²) in [5.74, 6) is -10.9. The van der Waals surface area contributed by atoms with Gasteiger partial charge >= 0.3 is 17.4 Å². The van der Waals surface area contributed by atoms with Crippen LogP contribution < -0.4 is 5.32 Å². The molecule has 0 saturated carbocycles. The average Bonchev–Trinajstić information content (AvgIpc) is 3.03. The molecule has 0 aliphatic carbocycles. The molecule has 21 heteroatoms. The van der Waals surface area contributed by atoms with E-state index in [0.29, 0.717) is 0 Å². The van der Waals surface area contributed by atoms with Crippen LogP contribution in [0.5, 0.6) is 0 Å². The Labute approximate surface area is 197 Å². The number of halogens is 7. The third-order valence-corrected chi connectivity index (χ3v) is 9.98. The number of nitro groups is 1. The number of nitrogens with zero attached hydrogens (tertiary/aromatic N) is 1. The highest BCUT2D eigenvalue weighted by Gasteiger charge is 2.78. The zero-order chi connectivity index (χ0) is 28.1. The van der Waals surface area contributed by atoms with Gasteiger partial charge in [0.2, 0.25) is 5.91 Å². The van der Waals surface area contributed by atoms with Crippen molar-refractivity contribution in [2.75, 3.05) is 17.3 Å². The van der Waals surface area contributed by atoms with Crippen LogP contribution in [0.4, 0.5) is 36.4 Å². The van der Waals surface area contributed by atoms with Gasteiger partial charge in [-0.3, -0.25) is 14.9 Å². The Hall–Kier alpha value is -2.55. The Morgan fingerprint density at radius 2 is 1.64 bits per heavy atom. The fourth-order valence-electron chi connectivity index (χ4n) is 2.98. The summed E-state index contributed by atoms with van der Waals surface area (Å²) in [6.45, 7) is 0. The molecule has 1 unspecified atom stereocenters. The third-order valence-electron chi connectivity index (χ3n) is 4.75. The van der Waals surface area contributed by atoms with Gasteiger partial charge in [-0.1, -0.05) is 0 Å². The topological polar surface area (TPSA) is 175 Å². The maximum Gasteiger partial charge on any atom is 0.461 e. The van der Waals surface area contributed by atoms with Crippen molar-refractivity contribution < 1.29 is 65.7 Å². The molecule has 1 aliphatic rings. The van der Waals surface area contributed by atoms with E-state index >= 15 is 0 Å². The highest BCUT2D eigenvalue weighted by molar-refractivity contribution is 7.93. The van der Waals surface area contributed by atoms with Crippen LogP contribution in [0.2, 0.25) is 0 Å². The Balaban J connectivity index is 2.46. The van der Waals surface area contributed by atoms with Crippen molar-refractivity contribution >= 4 is 41.1 Å². The lowest BCUT2D eigenvalue weighted by molar-refractivity contribution is -0.388. The van der Waals surface area contributed by atoms with Crippen molar-refractivity contribution in [3.05, 3.63) is 28.3 Å². The first-order valence-electron chi connectivity index (χ1n) is 9.04. The SMILES string of the molecule is O=C(CS(=O)(=O)c1ccc(S(=O)(=O)C(F)(F)C(F)(F)C(F)(F)F)cc1[N+](=O)[O-])NC1CCS(=O)(=O)C1. The van der Waals surface area contributed by atoms with Crippen molar-refractivity contribution in [1.82, 2.24) is 5.32 Å². The fraction of sp³-hybridized carbons (Fsp3) is 0.533. The van der Waals surface area contributed by atoms with E-state index in [1.165, 1.54) is 0 Å². The molecule has 0 radical (unpaired) electrons. The molecule has 11 nitrogen and oxygen atoms in total. The number of nitrogens with one attached hydrogen (secondary N) is 1. The molecule has 1 saturated heterocycles. The lowest BCUT2D eigenvalue weighted by atomic mass is 10.3. The minimum Gasteiger partial charge on any atom is -0.351 e. The second-order valence-corrected chi connectivity index (χ2v) is 13.6. The normalized spacial score (nSPS) is 19.1. The predicted octanol–water partition coefficient (Wildman–Crippen LogP) is 1.24. The van der Waals surface area contributed by atoms with Gasteiger partial charge in [0.1, 0.15) is 10.6 Å². The molecule has 1 fully saturated rings. The fourth-order valence-corrected chi connectivity index (χ4v) is 7.23. The number of carbonyl (C=O) groups is 1. The molecule has 1 N–H and O–H groups in total. The number of sulfone groups is 3. The first-order valence-corrected chi connectivity index (χ1v) is 14.0. The van der Waals surface area contributed by atoms with Crippen LogP contribution in [0.3, 0.4) is 0 Å². The first kappa shape index (κ1) is 29.7.